The number of anilines is 1. The lowest BCUT2D eigenvalue weighted by molar-refractivity contribution is -0.120. The van der Waals surface area contributed by atoms with E-state index in [1.54, 1.807) is 0 Å². The van der Waals surface area contributed by atoms with Gasteiger partial charge in [-0.1, -0.05) is 35.6 Å². The molecule has 0 radical (unpaired) electrons. The van der Waals surface area contributed by atoms with Crippen LogP contribution in [-0.2, 0) is 14.8 Å². The Kier molecular flexibility index (Phi) is 5.37. The van der Waals surface area contributed by atoms with Gasteiger partial charge in [-0.05, 0) is 43.5 Å². The van der Waals surface area contributed by atoms with Crippen molar-refractivity contribution in [1.29, 1.82) is 0 Å². The van der Waals surface area contributed by atoms with E-state index in [1.165, 1.54) is 33.8 Å². The number of aromatic nitrogens is 1. The zero-order valence-corrected chi connectivity index (χ0v) is 17.4. The van der Waals surface area contributed by atoms with Gasteiger partial charge in [0.15, 0.2) is 5.13 Å². The van der Waals surface area contributed by atoms with Crippen LogP contribution in [0.15, 0.2) is 47.4 Å². The number of sulfonamides is 1. The van der Waals surface area contributed by atoms with E-state index < -0.39 is 15.8 Å². The van der Waals surface area contributed by atoms with Gasteiger partial charge in [0, 0.05) is 19.0 Å². The van der Waals surface area contributed by atoms with Crippen molar-refractivity contribution in [3.63, 3.8) is 0 Å². The molecule has 1 aliphatic heterocycles. The number of aryl methyl sites for hydroxylation is 1. The highest BCUT2D eigenvalue weighted by molar-refractivity contribution is 7.89. The number of carbonyl (C=O) groups excluding carboxylic acids is 1. The Morgan fingerprint density at radius 1 is 1.17 bits per heavy atom. The molecule has 9 heteroatoms. The van der Waals surface area contributed by atoms with Gasteiger partial charge < -0.3 is 5.32 Å². The number of rotatable bonds is 4. The molecule has 1 aliphatic rings. The second kappa shape index (κ2) is 7.81. The lowest BCUT2D eigenvalue weighted by Gasteiger charge is -2.30. The van der Waals surface area contributed by atoms with E-state index in [1.807, 2.05) is 25.1 Å². The average molecular weight is 434 g/mol. The summed E-state index contributed by atoms with van der Waals surface area (Å²) in [6.45, 7) is 2.32. The Hall–Kier alpha value is -2.36. The SMILES string of the molecule is Cc1cccc2sc(NC(=O)C3CCN(S(=O)(=O)c4ccccc4F)CC3)nc12. The van der Waals surface area contributed by atoms with Crippen LogP contribution < -0.4 is 5.32 Å². The van der Waals surface area contributed by atoms with E-state index in [0.29, 0.717) is 18.0 Å². The molecule has 3 aromatic rings. The molecular weight excluding hydrogens is 413 g/mol. The maximum absolute atomic E-state index is 13.9. The predicted molar refractivity (Wildman–Crippen MR) is 111 cm³/mol. The van der Waals surface area contributed by atoms with Crippen molar-refractivity contribution in [3.05, 3.63) is 53.8 Å². The summed E-state index contributed by atoms with van der Waals surface area (Å²) >= 11 is 1.42. The maximum Gasteiger partial charge on any atom is 0.245 e. The van der Waals surface area contributed by atoms with Gasteiger partial charge in [-0.25, -0.2) is 17.8 Å². The molecule has 6 nitrogen and oxygen atoms in total. The van der Waals surface area contributed by atoms with Crippen LogP contribution in [-0.4, -0.2) is 36.7 Å². The Morgan fingerprint density at radius 3 is 2.59 bits per heavy atom. The number of nitrogens with one attached hydrogen (secondary N) is 1. The third-order valence-corrected chi connectivity index (χ3v) is 8.00. The Balaban J connectivity index is 1.42. The molecule has 0 bridgehead atoms. The Bertz CT molecular complexity index is 1170. The van der Waals surface area contributed by atoms with E-state index >= 15 is 0 Å². The highest BCUT2D eigenvalue weighted by atomic mass is 32.2. The lowest BCUT2D eigenvalue weighted by atomic mass is 9.97. The molecule has 152 valence electrons. The first-order valence-corrected chi connectivity index (χ1v) is 11.5. The van der Waals surface area contributed by atoms with Crippen LogP contribution in [0.3, 0.4) is 0 Å². The molecule has 1 amide bonds. The van der Waals surface area contributed by atoms with Crippen LogP contribution in [0.5, 0.6) is 0 Å². The molecular formula is C20H20FN3O3S2. The van der Waals surface area contributed by atoms with Crippen LogP contribution in [0.2, 0.25) is 0 Å². The van der Waals surface area contributed by atoms with Crippen molar-refractivity contribution in [1.82, 2.24) is 9.29 Å². The lowest BCUT2D eigenvalue weighted by Crippen LogP contribution is -2.41. The number of nitrogens with zero attached hydrogens (tertiary/aromatic N) is 2. The number of halogens is 1. The molecule has 2 aromatic carbocycles. The summed E-state index contributed by atoms with van der Waals surface area (Å²) in [5.41, 5.74) is 1.92. The summed E-state index contributed by atoms with van der Waals surface area (Å²) in [5, 5.41) is 3.41. The molecule has 2 heterocycles. The second-order valence-corrected chi connectivity index (χ2v) is 9.98. The molecule has 0 atom stereocenters. The zero-order valence-electron chi connectivity index (χ0n) is 15.8. The number of benzene rings is 2. The minimum atomic E-state index is -3.91. The van der Waals surface area contributed by atoms with Crippen LogP contribution >= 0.6 is 11.3 Å². The molecule has 0 spiro atoms. The summed E-state index contributed by atoms with van der Waals surface area (Å²) in [6, 6.07) is 11.2. The highest BCUT2D eigenvalue weighted by Gasteiger charge is 2.33. The molecule has 1 saturated heterocycles. The number of hydrogen-bond acceptors (Lipinski definition) is 5. The van der Waals surface area contributed by atoms with Crippen LogP contribution in [0, 0.1) is 18.7 Å². The smallest absolute Gasteiger partial charge is 0.245 e. The number of amides is 1. The van der Waals surface area contributed by atoms with Crippen molar-refractivity contribution in [3.8, 4) is 0 Å². The third kappa shape index (κ3) is 3.90. The van der Waals surface area contributed by atoms with E-state index in [9.17, 15) is 17.6 Å². The Morgan fingerprint density at radius 2 is 1.90 bits per heavy atom. The van der Waals surface area contributed by atoms with E-state index in [-0.39, 0.29) is 29.8 Å². The molecule has 1 N–H and O–H groups in total. The second-order valence-electron chi connectivity index (χ2n) is 7.04. The normalized spacial score (nSPS) is 16.2. The fourth-order valence-electron chi connectivity index (χ4n) is 3.50. The molecule has 0 saturated carbocycles. The zero-order chi connectivity index (χ0) is 20.6. The van der Waals surface area contributed by atoms with Gasteiger partial charge in [0.05, 0.1) is 10.2 Å². The average Bonchev–Trinajstić information content (AvgIpc) is 3.12. The van der Waals surface area contributed by atoms with Gasteiger partial charge in [0.2, 0.25) is 15.9 Å². The molecule has 1 fully saturated rings. The molecule has 29 heavy (non-hydrogen) atoms. The highest BCUT2D eigenvalue weighted by Crippen LogP contribution is 2.30. The van der Waals surface area contributed by atoms with Crippen LogP contribution in [0.4, 0.5) is 9.52 Å². The van der Waals surface area contributed by atoms with Gasteiger partial charge >= 0.3 is 0 Å². The fraction of sp³-hybridized carbons (Fsp3) is 0.300. The number of para-hydroxylation sites is 1. The number of carbonyl (C=O) groups is 1. The molecule has 0 unspecified atom stereocenters. The number of thiazole rings is 1. The van der Waals surface area contributed by atoms with Gasteiger partial charge in [-0.2, -0.15) is 4.31 Å². The van der Waals surface area contributed by atoms with Crippen molar-refractivity contribution < 1.29 is 17.6 Å². The van der Waals surface area contributed by atoms with E-state index in [4.69, 9.17) is 0 Å². The van der Waals surface area contributed by atoms with Gasteiger partial charge in [-0.15, -0.1) is 0 Å². The topological polar surface area (TPSA) is 79.4 Å². The largest absolute Gasteiger partial charge is 0.302 e. The monoisotopic (exact) mass is 433 g/mol. The quantitative estimate of drug-likeness (QED) is 0.679. The van der Waals surface area contributed by atoms with E-state index in [0.717, 1.165) is 21.8 Å². The first-order chi connectivity index (χ1) is 13.9. The van der Waals surface area contributed by atoms with Crippen LogP contribution in [0.1, 0.15) is 18.4 Å². The summed E-state index contributed by atoms with van der Waals surface area (Å²) < 4.78 is 41.5. The number of fused-ring (bicyclic) bond motifs is 1. The first kappa shape index (κ1) is 19.9. The number of piperidine rings is 1. The minimum Gasteiger partial charge on any atom is -0.302 e. The predicted octanol–water partition coefficient (Wildman–Crippen LogP) is 3.78. The fourth-order valence-corrected chi connectivity index (χ4v) is 5.98. The van der Waals surface area contributed by atoms with Gasteiger partial charge in [0.25, 0.3) is 0 Å². The maximum atomic E-state index is 13.9. The minimum absolute atomic E-state index is 0.162. The van der Waals surface area contributed by atoms with Crippen molar-refractivity contribution in [2.24, 2.45) is 5.92 Å². The molecule has 0 aliphatic carbocycles. The van der Waals surface area contributed by atoms with Crippen molar-refractivity contribution in [2.45, 2.75) is 24.7 Å². The standard InChI is InChI=1S/C20H20FN3O3S2/c1-13-5-4-7-16-18(13)22-20(28-16)23-19(25)14-9-11-24(12-10-14)29(26,27)17-8-3-2-6-15(17)21/h2-8,14H,9-12H2,1H3,(H,22,23,25). The number of hydrogen-bond donors (Lipinski definition) is 1. The third-order valence-electron chi connectivity index (χ3n) is 5.13. The van der Waals surface area contributed by atoms with Crippen molar-refractivity contribution >= 4 is 42.6 Å². The Labute approximate surface area is 172 Å². The molecule has 1 aromatic heterocycles. The summed E-state index contributed by atoms with van der Waals surface area (Å²) in [4.78, 5) is 16.8. The summed E-state index contributed by atoms with van der Waals surface area (Å²) in [6.07, 6.45) is 0.757. The summed E-state index contributed by atoms with van der Waals surface area (Å²) in [5.74, 6) is -1.24. The summed E-state index contributed by atoms with van der Waals surface area (Å²) in [7, 11) is -3.91. The van der Waals surface area contributed by atoms with Crippen LogP contribution in [0.25, 0.3) is 10.2 Å². The van der Waals surface area contributed by atoms with Gasteiger partial charge in [0.1, 0.15) is 10.7 Å². The molecule has 4 rings (SSSR count). The van der Waals surface area contributed by atoms with Crippen molar-refractivity contribution in [2.75, 3.05) is 18.4 Å². The van der Waals surface area contributed by atoms with Gasteiger partial charge in [-0.3, -0.25) is 4.79 Å². The first-order valence-electron chi connectivity index (χ1n) is 9.28. The van der Waals surface area contributed by atoms with E-state index in [2.05, 4.69) is 10.3 Å².